The fraction of sp³-hybridized carbons (Fsp3) is 0.235. The molecule has 0 fully saturated rings. The van der Waals surface area contributed by atoms with Gasteiger partial charge >= 0.3 is 0 Å². The maximum absolute atomic E-state index is 13.6. The maximum atomic E-state index is 13.6. The van der Waals surface area contributed by atoms with Crippen LogP contribution >= 0.6 is 11.6 Å². The maximum Gasteiger partial charge on any atom is 0.183 e. The Morgan fingerprint density at radius 2 is 1.91 bits per heavy atom. The zero-order chi connectivity index (χ0) is 16.6. The van der Waals surface area contributed by atoms with Crippen LogP contribution in [-0.4, -0.2) is 9.38 Å². The van der Waals surface area contributed by atoms with E-state index in [4.69, 9.17) is 11.6 Å². The van der Waals surface area contributed by atoms with Gasteiger partial charge in [-0.3, -0.25) is 4.40 Å². The number of hydrogen-bond donors (Lipinski definition) is 0. The molecule has 1 aromatic carbocycles. The van der Waals surface area contributed by atoms with Crippen molar-refractivity contribution in [1.29, 1.82) is 0 Å². The van der Waals surface area contributed by atoms with E-state index >= 15 is 0 Å². The summed E-state index contributed by atoms with van der Waals surface area (Å²) in [5, 5.41) is 9.12. The van der Waals surface area contributed by atoms with Gasteiger partial charge in [-0.2, -0.15) is 0 Å². The van der Waals surface area contributed by atoms with Crippen molar-refractivity contribution in [2.24, 2.45) is 10.2 Å². The molecule has 2 heterocycles. The van der Waals surface area contributed by atoms with Gasteiger partial charge in [-0.25, -0.2) is 9.37 Å². The highest BCUT2D eigenvalue weighted by Gasteiger charge is 2.24. The Balaban J connectivity index is 2.16. The molecule has 6 heteroatoms. The summed E-state index contributed by atoms with van der Waals surface area (Å²) >= 11 is 5.96. The first-order chi connectivity index (χ1) is 10.8. The van der Waals surface area contributed by atoms with Crippen molar-refractivity contribution in [3.63, 3.8) is 0 Å². The molecule has 4 nitrogen and oxygen atoms in total. The predicted octanol–water partition coefficient (Wildman–Crippen LogP) is 5.84. The highest BCUT2D eigenvalue weighted by Crippen LogP contribution is 2.33. The molecule has 0 N–H and O–H groups in total. The lowest BCUT2D eigenvalue weighted by atomic mass is 9.92. The van der Waals surface area contributed by atoms with Gasteiger partial charge in [0.25, 0.3) is 0 Å². The molecule has 0 unspecified atom stereocenters. The van der Waals surface area contributed by atoms with Crippen LogP contribution in [0.4, 0.5) is 15.9 Å². The summed E-state index contributed by atoms with van der Waals surface area (Å²) in [7, 11) is 0. The number of nitrogens with zero attached hydrogens (tertiary/aromatic N) is 4. The molecule has 0 amide bonds. The van der Waals surface area contributed by atoms with E-state index in [1.54, 1.807) is 34.7 Å². The van der Waals surface area contributed by atoms with Crippen LogP contribution in [0.5, 0.6) is 0 Å². The molecule has 0 spiro atoms. The van der Waals surface area contributed by atoms with Crippen LogP contribution in [0.15, 0.2) is 52.8 Å². The lowest BCUT2D eigenvalue weighted by Gasteiger charge is -2.15. The highest BCUT2D eigenvalue weighted by molar-refractivity contribution is 6.30. The third-order valence-corrected chi connectivity index (χ3v) is 3.57. The summed E-state index contributed by atoms with van der Waals surface area (Å²) < 4.78 is 15.2. The van der Waals surface area contributed by atoms with Gasteiger partial charge in [0.05, 0.1) is 11.4 Å². The van der Waals surface area contributed by atoms with Crippen molar-refractivity contribution in [3.05, 3.63) is 59.1 Å². The van der Waals surface area contributed by atoms with Crippen LogP contribution < -0.4 is 0 Å². The minimum atomic E-state index is -0.352. The number of fused-ring (bicyclic) bond motifs is 1. The van der Waals surface area contributed by atoms with Crippen molar-refractivity contribution in [1.82, 2.24) is 9.38 Å². The van der Waals surface area contributed by atoms with E-state index in [0.29, 0.717) is 22.2 Å². The molecule has 2 aromatic heterocycles. The Bertz CT molecular complexity index is 893. The van der Waals surface area contributed by atoms with Gasteiger partial charge < -0.3 is 0 Å². The summed E-state index contributed by atoms with van der Waals surface area (Å²) in [4.78, 5) is 4.57. The number of aromatic nitrogens is 2. The number of halogens is 2. The molecule has 0 aliphatic rings. The van der Waals surface area contributed by atoms with Crippen LogP contribution in [-0.2, 0) is 5.41 Å². The number of rotatable bonds is 2. The second-order valence-electron chi connectivity index (χ2n) is 6.29. The molecule has 3 rings (SSSR count). The number of benzene rings is 1. The summed E-state index contributed by atoms with van der Waals surface area (Å²) in [6, 6.07) is 10.1. The molecular weight excluding hydrogens is 315 g/mol. The van der Waals surface area contributed by atoms with Crippen LogP contribution in [0, 0.1) is 5.82 Å². The van der Waals surface area contributed by atoms with E-state index < -0.39 is 0 Å². The van der Waals surface area contributed by atoms with Gasteiger partial charge in [0, 0.05) is 16.6 Å². The third-order valence-electron chi connectivity index (χ3n) is 3.34. The second-order valence-corrected chi connectivity index (χ2v) is 6.73. The molecule has 23 heavy (non-hydrogen) atoms. The Labute approximate surface area is 138 Å². The number of azo groups is 1. The van der Waals surface area contributed by atoms with Crippen LogP contribution in [0.25, 0.3) is 5.65 Å². The van der Waals surface area contributed by atoms with Crippen LogP contribution in [0.3, 0.4) is 0 Å². The monoisotopic (exact) mass is 330 g/mol. The number of imidazole rings is 1. The smallest absolute Gasteiger partial charge is 0.183 e. The van der Waals surface area contributed by atoms with Gasteiger partial charge in [-0.05, 0) is 30.3 Å². The lowest BCUT2D eigenvalue weighted by molar-refractivity contribution is 0.573. The van der Waals surface area contributed by atoms with E-state index in [2.05, 4.69) is 15.2 Å². The Morgan fingerprint density at radius 3 is 2.61 bits per heavy atom. The Hall–Kier alpha value is -2.27. The van der Waals surface area contributed by atoms with Gasteiger partial charge in [0.1, 0.15) is 11.5 Å². The molecule has 118 valence electrons. The van der Waals surface area contributed by atoms with E-state index in [0.717, 1.165) is 5.69 Å². The molecular formula is C17H16ClFN4. The summed E-state index contributed by atoms with van der Waals surface area (Å²) in [6.07, 6.45) is 1.36. The lowest BCUT2D eigenvalue weighted by Crippen LogP contribution is -2.11. The van der Waals surface area contributed by atoms with E-state index in [-0.39, 0.29) is 11.2 Å². The van der Waals surface area contributed by atoms with Gasteiger partial charge in [0.15, 0.2) is 5.82 Å². The highest BCUT2D eigenvalue weighted by atomic mass is 35.5. The van der Waals surface area contributed by atoms with E-state index in [1.165, 1.54) is 12.3 Å². The molecule has 0 saturated carbocycles. The minimum absolute atomic E-state index is 0.245. The summed E-state index contributed by atoms with van der Waals surface area (Å²) in [5.74, 6) is 0.168. The zero-order valence-electron chi connectivity index (χ0n) is 13.1. The van der Waals surface area contributed by atoms with Gasteiger partial charge in [-0.1, -0.05) is 38.4 Å². The zero-order valence-corrected chi connectivity index (χ0v) is 13.8. The molecule has 0 atom stereocenters. The largest absolute Gasteiger partial charge is 0.280 e. The van der Waals surface area contributed by atoms with Crippen LogP contribution in [0.2, 0.25) is 5.02 Å². The SMILES string of the molecule is CC(C)(C)c1nc2ccc(F)cn2c1N=Nc1cccc(Cl)c1. The third kappa shape index (κ3) is 3.24. The second kappa shape index (κ2) is 5.74. The molecule has 3 aromatic rings. The molecule has 0 aliphatic carbocycles. The predicted molar refractivity (Wildman–Crippen MR) is 89.5 cm³/mol. The number of pyridine rings is 1. The molecule has 0 bridgehead atoms. The van der Waals surface area contributed by atoms with Crippen molar-refractivity contribution >= 4 is 28.8 Å². The standard InChI is InChI=1S/C17H16ClFN4/c1-17(2,3)15-16(22-21-13-6-4-5-11(18)9-13)23-10-12(19)7-8-14(23)20-15/h4-10H,1-3H3. The molecule has 0 saturated heterocycles. The summed E-state index contributed by atoms with van der Waals surface area (Å²) in [5.41, 5.74) is 1.78. The minimum Gasteiger partial charge on any atom is -0.280 e. The van der Waals surface area contributed by atoms with Crippen molar-refractivity contribution in [2.75, 3.05) is 0 Å². The fourth-order valence-corrected chi connectivity index (χ4v) is 2.43. The van der Waals surface area contributed by atoms with Crippen molar-refractivity contribution in [3.8, 4) is 0 Å². The van der Waals surface area contributed by atoms with Crippen molar-refractivity contribution in [2.45, 2.75) is 26.2 Å². The quantitative estimate of drug-likeness (QED) is 0.544. The van der Waals surface area contributed by atoms with Crippen molar-refractivity contribution < 1.29 is 4.39 Å². The van der Waals surface area contributed by atoms with Gasteiger partial charge in [-0.15, -0.1) is 10.2 Å². The van der Waals surface area contributed by atoms with E-state index in [9.17, 15) is 4.39 Å². The van der Waals surface area contributed by atoms with E-state index in [1.807, 2.05) is 20.8 Å². The van der Waals surface area contributed by atoms with Gasteiger partial charge in [0.2, 0.25) is 0 Å². The van der Waals surface area contributed by atoms with Crippen LogP contribution in [0.1, 0.15) is 26.5 Å². The first kappa shape index (κ1) is 15.6. The molecule has 0 radical (unpaired) electrons. The first-order valence-corrected chi connectivity index (χ1v) is 7.58. The normalized spacial score (nSPS) is 12.4. The average Bonchev–Trinajstić information content (AvgIpc) is 2.83. The fourth-order valence-electron chi connectivity index (χ4n) is 2.25. The topological polar surface area (TPSA) is 42.0 Å². The Kier molecular flexibility index (Phi) is 3.90. The first-order valence-electron chi connectivity index (χ1n) is 7.20. The summed E-state index contributed by atoms with van der Waals surface area (Å²) in [6.45, 7) is 6.09. The Morgan fingerprint density at radius 1 is 1.13 bits per heavy atom. The average molecular weight is 331 g/mol. The number of hydrogen-bond acceptors (Lipinski definition) is 3. The molecule has 0 aliphatic heterocycles.